The SMILES string of the molecule is Cl.NC1(F)CC(Cl)=CS1. The number of alkyl halides is 1. The molecule has 1 rings (SSSR count). The highest BCUT2D eigenvalue weighted by Gasteiger charge is 2.29. The summed E-state index contributed by atoms with van der Waals surface area (Å²) in [6.45, 7) is 0. The Morgan fingerprint density at radius 3 is 2.56 bits per heavy atom. The van der Waals surface area contributed by atoms with Crippen LogP contribution in [-0.2, 0) is 0 Å². The molecule has 0 radical (unpaired) electrons. The molecule has 0 aromatic rings. The molecule has 0 bridgehead atoms. The lowest BCUT2D eigenvalue weighted by atomic mass is 10.4. The van der Waals surface area contributed by atoms with Crippen LogP contribution < -0.4 is 5.73 Å². The molecule has 5 heteroatoms. The summed E-state index contributed by atoms with van der Waals surface area (Å²) in [6, 6.07) is 0. The molecule has 1 atom stereocenters. The standard InChI is InChI=1S/C4H5ClFNS.ClH/c5-3-1-4(6,7)8-2-3;/h2H,1,7H2;1H. The molecule has 1 aliphatic rings. The molecule has 0 saturated heterocycles. The second-order valence-electron chi connectivity index (χ2n) is 1.65. The van der Waals surface area contributed by atoms with Gasteiger partial charge in [0, 0.05) is 11.5 Å². The minimum atomic E-state index is -1.64. The van der Waals surface area contributed by atoms with Crippen molar-refractivity contribution < 1.29 is 4.39 Å². The van der Waals surface area contributed by atoms with Crippen LogP contribution in [0.25, 0.3) is 0 Å². The van der Waals surface area contributed by atoms with Gasteiger partial charge in [0.15, 0.2) is 0 Å². The number of hydrogen-bond acceptors (Lipinski definition) is 2. The van der Waals surface area contributed by atoms with Crippen molar-refractivity contribution in [1.82, 2.24) is 0 Å². The zero-order valence-corrected chi connectivity index (χ0v) is 6.82. The first-order chi connectivity index (χ1) is 3.60. The molecule has 0 amide bonds. The Morgan fingerprint density at radius 1 is 1.89 bits per heavy atom. The molecule has 9 heavy (non-hydrogen) atoms. The zero-order chi connectivity index (χ0) is 6.20. The van der Waals surface area contributed by atoms with Crippen molar-refractivity contribution >= 4 is 35.8 Å². The van der Waals surface area contributed by atoms with E-state index in [9.17, 15) is 4.39 Å². The quantitative estimate of drug-likeness (QED) is 0.592. The Bertz CT molecular complexity index is 137. The van der Waals surface area contributed by atoms with Gasteiger partial charge in [0.25, 0.3) is 0 Å². The monoisotopic (exact) mass is 189 g/mol. The van der Waals surface area contributed by atoms with Gasteiger partial charge in [-0.05, 0) is 5.41 Å². The first kappa shape index (κ1) is 9.56. The summed E-state index contributed by atoms with van der Waals surface area (Å²) in [4.78, 5) is 0. The van der Waals surface area contributed by atoms with Gasteiger partial charge in [-0.15, -0.1) is 12.4 Å². The number of halogens is 3. The highest BCUT2D eigenvalue weighted by molar-refractivity contribution is 8.03. The lowest BCUT2D eigenvalue weighted by molar-refractivity contribution is 0.305. The molecule has 1 aliphatic heterocycles. The number of nitrogens with two attached hydrogens (primary N) is 1. The van der Waals surface area contributed by atoms with Crippen LogP contribution in [0.5, 0.6) is 0 Å². The van der Waals surface area contributed by atoms with Crippen LogP contribution in [0.2, 0.25) is 0 Å². The van der Waals surface area contributed by atoms with Crippen LogP contribution in [0, 0.1) is 0 Å². The molecule has 1 unspecified atom stereocenters. The van der Waals surface area contributed by atoms with Crippen molar-refractivity contribution in [1.29, 1.82) is 0 Å². The minimum absolute atomic E-state index is 0. The molecule has 0 aromatic carbocycles. The fourth-order valence-corrected chi connectivity index (χ4v) is 1.53. The Balaban J connectivity index is 0.000000640. The van der Waals surface area contributed by atoms with E-state index < -0.39 is 5.12 Å². The summed E-state index contributed by atoms with van der Waals surface area (Å²) in [5.74, 6) is 0. The molecule has 0 spiro atoms. The third-order valence-corrected chi connectivity index (χ3v) is 2.10. The number of thioether (sulfide) groups is 1. The smallest absolute Gasteiger partial charge is 0.214 e. The van der Waals surface area contributed by atoms with Gasteiger partial charge in [-0.3, -0.25) is 5.73 Å². The Morgan fingerprint density at radius 2 is 2.44 bits per heavy atom. The van der Waals surface area contributed by atoms with Gasteiger partial charge in [-0.1, -0.05) is 23.4 Å². The highest BCUT2D eigenvalue weighted by atomic mass is 35.5. The molecule has 2 N–H and O–H groups in total. The second kappa shape index (κ2) is 3.10. The van der Waals surface area contributed by atoms with Crippen LogP contribution in [-0.4, -0.2) is 5.12 Å². The third-order valence-electron chi connectivity index (χ3n) is 0.793. The number of hydrogen-bond donors (Lipinski definition) is 1. The predicted octanol–water partition coefficient (Wildman–Crippen LogP) is 2.21. The predicted molar refractivity (Wildman–Crippen MR) is 41.4 cm³/mol. The molecule has 0 fully saturated rings. The maximum absolute atomic E-state index is 12.5. The van der Waals surface area contributed by atoms with Gasteiger partial charge in [0.05, 0.1) is 0 Å². The molecule has 1 heterocycles. The first-order valence-corrected chi connectivity index (χ1v) is 3.36. The zero-order valence-electron chi connectivity index (χ0n) is 4.43. The van der Waals surface area contributed by atoms with Gasteiger partial charge >= 0.3 is 0 Å². The van der Waals surface area contributed by atoms with Gasteiger partial charge in [-0.2, -0.15) is 0 Å². The van der Waals surface area contributed by atoms with Crippen LogP contribution in [0.3, 0.4) is 0 Å². The summed E-state index contributed by atoms with van der Waals surface area (Å²) < 4.78 is 12.5. The van der Waals surface area contributed by atoms with Crippen LogP contribution in [0.1, 0.15) is 6.42 Å². The lowest BCUT2D eigenvalue weighted by Crippen LogP contribution is -2.26. The van der Waals surface area contributed by atoms with Crippen molar-refractivity contribution in [2.45, 2.75) is 11.5 Å². The first-order valence-electron chi connectivity index (χ1n) is 2.10. The summed E-state index contributed by atoms with van der Waals surface area (Å²) in [6.07, 6.45) is 0.138. The van der Waals surface area contributed by atoms with E-state index in [4.69, 9.17) is 17.3 Å². The van der Waals surface area contributed by atoms with E-state index in [2.05, 4.69) is 0 Å². The van der Waals surface area contributed by atoms with Gasteiger partial charge in [-0.25, -0.2) is 4.39 Å². The molecular weight excluding hydrogens is 184 g/mol. The Kier molecular flexibility index (Phi) is 3.29. The van der Waals surface area contributed by atoms with E-state index in [1.165, 1.54) is 5.41 Å². The summed E-state index contributed by atoms with van der Waals surface area (Å²) in [5.41, 5.74) is 5.03. The van der Waals surface area contributed by atoms with Crippen molar-refractivity contribution in [3.05, 3.63) is 10.4 Å². The van der Waals surface area contributed by atoms with E-state index in [1.54, 1.807) is 0 Å². The average molecular weight is 190 g/mol. The van der Waals surface area contributed by atoms with Crippen LogP contribution >= 0.6 is 35.8 Å². The number of rotatable bonds is 0. The van der Waals surface area contributed by atoms with Crippen molar-refractivity contribution in [2.75, 3.05) is 0 Å². The van der Waals surface area contributed by atoms with Gasteiger partial charge < -0.3 is 0 Å². The van der Waals surface area contributed by atoms with Crippen molar-refractivity contribution in [3.8, 4) is 0 Å². The largest absolute Gasteiger partial charge is 0.290 e. The Hall–Kier alpha value is 0.560. The Labute approximate surface area is 68.2 Å². The van der Waals surface area contributed by atoms with E-state index in [-0.39, 0.29) is 18.8 Å². The second-order valence-corrected chi connectivity index (χ2v) is 3.28. The fraction of sp³-hybridized carbons (Fsp3) is 0.500. The molecule has 0 aromatic heterocycles. The summed E-state index contributed by atoms with van der Waals surface area (Å²) in [7, 11) is 0. The van der Waals surface area contributed by atoms with E-state index >= 15 is 0 Å². The third kappa shape index (κ3) is 2.76. The average Bonchev–Trinajstić information content (AvgIpc) is 1.82. The minimum Gasteiger partial charge on any atom is -0.290 e. The highest BCUT2D eigenvalue weighted by Crippen LogP contribution is 2.38. The van der Waals surface area contributed by atoms with Crippen LogP contribution in [0.4, 0.5) is 4.39 Å². The fourth-order valence-electron chi connectivity index (χ4n) is 0.476. The van der Waals surface area contributed by atoms with E-state index in [1.807, 2.05) is 0 Å². The maximum Gasteiger partial charge on any atom is 0.214 e. The molecule has 0 aliphatic carbocycles. The lowest BCUT2D eigenvalue weighted by Gasteiger charge is -2.08. The normalized spacial score (nSPS) is 33.4. The van der Waals surface area contributed by atoms with Crippen LogP contribution in [0.15, 0.2) is 10.4 Å². The summed E-state index contributed by atoms with van der Waals surface area (Å²) >= 11 is 6.34. The van der Waals surface area contributed by atoms with Gasteiger partial charge in [0.2, 0.25) is 5.12 Å². The maximum atomic E-state index is 12.5. The van der Waals surface area contributed by atoms with Gasteiger partial charge in [0.1, 0.15) is 0 Å². The van der Waals surface area contributed by atoms with E-state index in [0.717, 1.165) is 11.8 Å². The summed E-state index contributed by atoms with van der Waals surface area (Å²) in [5, 5.41) is 0.388. The van der Waals surface area contributed by atoms with E-state index in [0.29, 0.717) is 5.03 Å². The molecule has 1 nitrogen and oxygen atoms in total. The topological polar surface area (TPSA) is 26.0 Å². The van der Waals surface area contributed by atoms with Crippen molar-refractivity contribution in [3.63, 3.8) is 0 Å². The molecular formula is C4H6Cl2FNS. The molecule has 0 saturated carbocycles. The van der Waals surface area contributed by atoms with Crippen molar-refractivity contribution in [2.24, 2.45) is 5.73 Å². The molecule has 54 valence electrons.